The first kappa shape index (κ1) is 24.4. The first-order valence-electron chi connectivity index (χ1n) is 11.0. The van der Waals surface area contributed by atoms with Crippen LogP contribution in [0.4, 0.5) is 0 Å². The summed E-state index contributed by atoms with van der Waals surface area (Å²) in [5.41, 5.74) is 0.840. The van der Waals surface area contributed by atoms with E-state index in [4.69, 9.17) is 9.15 Å². The number of nitrogens with one attached hydrogen (secondary N) is 1. The van der Waals surface area contributed by atoms with E-state index in [2.05, 4.69) is 4.72 Å². The standard InChI is InChI=1S/C26H25NO7S/c1-15(2)12-20(27-35(31,32)18-10-8-16(3)9-11-18)26(30)33-17-13-21(28)24-23(14-17)34-22-7-5-4-6-19(22)25(24)29/h4-11,13-15,20,27-28H,12H2,1-3H3. The Labute approximate surface area is 202 Å². The normalized spacial score (nSPS) is 12.8. The van der Waals surface area contributed by atoms with Gasteiger partial charge in [0.25, 0.3) is 0 Å². The van der Waals surface area contributed by atoms with Crippen LogP contribution in [0.5, 0.6) is 11.5 Å². The maximum Gasteiger partial charge on any atom is 0.329 e. The van der Waals surface area contributed by atoms with E-state index in [1.165, 1.54) is 18.2 Å². The summed E-state index contributed by atoms with van der Waals surface area (Å²) in [7, 11) is -3.99. The van der Waals surface area contributed by atoms with E-state index in [1.54, 1.807) is 36.4 Å². The summed E-state index contributed by atoms with van der Waals surface area (Å²) in [6.45, 7) is 5.54. The number of phenols is 1. The lowest BCUT2D eigenvalue weighted by molar-refractivity contribution is -0.136. The van der Waals surface area contributed by atoms with Crippen LogP contribution in [0.1, 0.15) is 25.8 Å². The van der Waals surface area contributed by atoms with E-state index in [1.807, 2.05) is 20.8 Å². The molecule has 1 atom stereocenters. The number of rotatable bonds is 7. The Morgan fingerprint density at radius 1 is 1.06 bits per heavy atom. The van der Waals surface area contributed by atoms with Crippen LogP contribution in [0.15, 0.2) is 74.8 Å². The van der Waals surface area contributed by atoms with Crippen molar-refractivity contribution in [3.05, 3.63) is 76.5 Å². The highest BCUT2D eigenvalue weighted by Crippen LogP contribution is 2.31. The van der Waals surface area contributed by atoms with Gasteiger partial charge in [-0.15, -0.1) is 0 Å². The van der Waals surface area contributed by atoms with Gasteiger partial charge in [0.15, 0.2) is 0 Å². The average molecular weight is 496 g/mol. The highest BCUT2D eigenvalue weighted by atomic mass is 32.2. The molecular weight excluding hydrogens is 470 g/mol. The van der Waals surface area contributed by atoms with Gasteiger partial charge in [0, 0.05) is 12.1 Å². The molecule has 35 heavy (non-hydrogen) atoms. The predicted octanol–water partition coefficient (Wildman–Crippen LogP) is 4.26. The summed E-state index contributed by atoms with van der Waals surface area (Å²) in [5, 5.41) is 10.8. The van der Waals surface area contributed by atoms with Gasteiger partial charge in [-0.2, -0.15) is 4.72 Å². The van der Waals surface area contributed by atoms with Crippen molar-refractivity contribution in [3.63, 3.8) is 0 Å². The topological polar surface area (TPSA) is 123 Å². The SMILES string of the molecule is Cc1ccc(S(=O)(=O)NC(CC(C)C)C(=O)Oc2cc(O)c3c(=O)c4ccccc4oc3c2)cc1. The molecule has 9 heteroatoms. The van der Waals surface area contributed by atoms with E-state index >= 15 is 0 Å². The smallest absolute Gasteiger partial charge is 0.329 e. The monoisotopic (exact) mass is 495 g/mol. The number of aromatic hydroxyl groups is 1. The van der Waals surface area contributed by atoms with Gasteiger partial charge in [0.2, 0.25) is 15.5 Å². The van der Waals surface area contributed by atoms with Crippen molar-refractivity contribution in [1.29, 1.82) is 0 Å². The number of fused-ring (bicyclic) bond motifs is 2. The van der Waals surface area contributed by atoms with Gasteiger partial charge >= 0.3 is 5.97 Å². The largest absolute Gasteiger partial charge is 0.507 e. The summed E-state index contributed by atoms with van der Waals surface area (Å²) in [5.74, 6) is -1.37. The van der Waals surface area contributed by atoms with Crippen molar-refractivity contribution in [2.45, 2.75) is 38.1 Å². The second-order valence-corrected chi connectivity index (χ2v) is 10.5. The van der Waals surface area contributed by atoms with Crippen molar-refractivity contribution >= 4 is 37.9 Å². The minimum atomic E-state index is -3.99. The Morgan fingerprint density at radius 3 is 2.43 bits per heavy atom. The predicted molar refractivity (Wildman–Crippen MR) is 132 cm³/mol. The van der Waals surface area contributed by atoms with Crippen molar-refractivity contribution in [1.82, 2.24) is 4.72 Å². The molecule has 8 nitrogen and oxygen atoms in total. The highest BCUT2D eigenvalue weighted by Gasteiger charge is 2.28. The van der Waals surface area contributed by atoms with Gasteiger partial charge in [0.05, 0.1) is 10.3 Å². The van der Waals surface area contributed by atoms with Gasteiger partial charge in [-0.05, 0) is 43.5 Å². The Balaban J connectivity index is 1.65. The van der Waals surface area contributed by atoms with Crippen LogP contribution in [0.3, 0.4) is 0 Å². The summed E-state index contributed by atoms with van der Waals surface area (Å²) >= 11 is 0. The molecule has 1 heterocycles. The van der Waals surface area contributed by atoms with E-state index in [0.29, 0.717) is 11.0 Å². The minimum Gasteiger partial charge on any atom is -0.507 e. The zero-order chi connectivity index (χ0) is 25.3. The third-order valence-corrected chi connectivity index (χ3v) is 6.96. The molecular formula is C26H25NO7S. The third-order valence-electron chi connectivity index (χ3n) is 5.47. The molecule has 4 aromatic rings. The molecule has 0 spiro atoms. The molecule has 3 aromatic carbocycles. The number of sulfonamides is 1. The number of para-hydroxylation sites is 1. The van der Waals surface area contributed by atoms with E-state index in [0.717, 1.165) is 11.6 Å². The molecule has 0 saturated heterocycles. The van der Waals surface area contributed by atoms with Crippen molar-refractivity contribution in [3.8, 4) is 11.5 Å². The number of esters is 1. The fraction of sp³-hybridized carbons (Fsp3) is 0.231. The molecule has 0 saturated carbocycles. The summed E-state index contributed by atoms with van der Waals surface area (Å²) in [6, 6.07) is 14.1. The number of phenolic OH excluding ortho intramolecular Hbond substituents is 1. The Bertz CT molecular complexity index is 1570. The molecule has 1 aromatic heterocycles. The summed E-state index contributed by atoms with van der Waals surface area (Å²) < 4.78 is 39.3. The lowest BCUT2D eigenvalue weighted by atomic mass is 10.0. The second-order valence-electron chi connectivity index (χ2n) is 8.78. The van der Waals surface area contributed by atoms with Crippen LogP contribution in [0.25, 0.3) is 21.9 Å². The fourth-order valence-electron chi connectivity index (χ4n) is 3.76. The van der Waals surface area contributed by atoms with Crippen LogP contribution >= 0.6 is 0 Å². The maximum atomic E-state index is 13.0. The Hall–Kier alpha value is -3.69. The molecule has 0 aliphatic carbocycles. The molecule has 182 valence electrons. The van der Waals surface area contributed by atoms with Crippen LogP contribution in [0, 0.1) is 12.8 Å². The van der Waals surface area contributed by atoms with Crippen LogP contribution in [-0.2, 0) is 14.8 Å². The lowest BCUT2D eigenvalue weighted by Gasteiger charge is -2.19. The van der Waals surface area contributed by atoms with Gasteiger partial charge in [0.1, 0.15) is 34.1 Å². The zero-order valence-corrected chi connectivity index (χ0v) is 20.3. The van der Waals surface area contributed by atoms with Crippen molar-refractivity contribution in [2.24, 2.45) is 5.92 Å². The molecule has 0 aliphatic rings. The number of hydrogen-bond acceptors (Lipinski definition) is 7. The third kappa shape index (κ3) is 5.21. The molecule has 1 unspecified atom stereocenters. The molecule has 0 aliphatic heterocycles. The lowest BCUT2D eigenvalue weighted by Crippen LogP contribution is -2.43. The molecule has 2 N–H and O–H groups in total. The van der Waals surface area contributed by atoms with E-state index in [9.17, 15) is 23.1 Å². The summed E-state index contributed by atoms with van der Waals surface area (Å²) in [4.78, 5) is 25.8. The van der Waals surface area contributed by atoms with Crippen LogP contribution < -0.4 is 14.9 Å². The number of carbonyl (C=O) groups excluding carboxylic acids is 1. The fourth-order valence-corrected chi connectivity index (χ4v) is 4.96. The highest BCUT2D eigenvalue weighted by molar-refractivity contribution is 7.89. The second kappa shape index (κ2) is 9.52. The molecule has 0 bridgehead atoms. The molecule has 4 rings (SSSR count). The molecule has 0 amide bonds. The quantitative estimate of drug-likeness (QED) is 0.223. The van der Waals surface area contributed by atoms with Gasteiger partial charge in [-0.1, -0.05) is 43.7 Å². The first-order valence-corrected chi connectivity index (χ1v) is 12.5. The zero-order valence-electron chi connectivity index (χ0n) is 19.4. The van der Waals surface area contributed by atoms with Gasteiger partial charge in [-0.3, -0.25) is 4.79 Å². The van der Waals surface area contributed by atoms with Crippen LogP contribution in [-0.4, -0.2) is 25.5 Å². The number of carbonyl (C=O) groups is 1. The molecule has 0 radical (unpaired) electrons. The molecule has 0 fully saturated rings. The number of ether oxygens (including phenoxy) is 1. The van der Waals surface area contributed by atoms with Crippen molar-refractivity contribution < 1.29 is 27.5 Å². The number of aryl methyl sites for hydroxylation is 1. The Morgan fingerprint density at radius 2 is 1.74 bits per heavy atom. The summed E-state index contributed by atoms with van der Waals surface area (Å²) in [6.07, 6.45) is 0.184. The Kier molecular flexibility index (Phi) is 6.64. The first-order chi connectivity index (χ1) is 16.5. The van der Waals surface area contributed by atoms with Crippen LogP contribution in [0.2, 0.25) is 0 Å². The van der Waals surface area contributed by atoms with E-state index in [-0.39, 0.29) is 34.0 Å². The average Bonchev–Trinajstić information content (AvgIpc) is 2.78. The minimum absolute atomic E-state index is 0.0253. The van der Waals surface area contributed by atoms with Gasteiger partial charge < -0.3 is 14.3 Å². The maximum absolute atomic E-state index is 13.0. The number of hydrogen-bond donors (Lipinski definition) is 2. The van der Waals surface area contributed by atoms with Gasteiger partial charge in [-0.25, -0.2) is 13.2 Å². The van der Waals surface area contributed by atoms with E-state index < -0.39 is 33.2 Å². The van der Waals surface area contributed by atoms with Crippen molar-refractivity contribution in [2.75, 3.05) is 0 Å². The number of benzene rings is 3.